The number of hydrogen-bond donors (Lipinski definition) is 1. The first kappa shape index (κ1) is 22.2. The molecule has 2 aromatic carbocycles. The third-order valence-electron chi connectivity index (χ3n) is 6.58. The highest BCUT2D eigenvalue weighted by Gasteiger charge is 2.44. The Bertz CT molecular complexity index is 920. The number of hydrogen-bond acceptors (Lipinski definition) is 4. The molecular weight excluding hydrogens is 402 g/mol. The normalized spacial score (nSPS) is 20.6. The van der Waals surface area contributed by atoms with Crippen LogP contribution in [0.2, 0.25) is 0 Å². The number of methoxy groups -OCH3 is 1. The molecule has 2 aromatic rings. The summed E-state index contributed by atoms with van der Waals surface area (Å²) in [5, 5.41) is 3.06. The highest BCUT2D eigenvalue weighted by Crippen LogP contribution is 2.39. The lowest BCUT2D eigenvalue weighted by molar-refractivity contribution is -0.129. The molecule has 6 heteroatoms. The number of carbonyl (C=O) groups excluding carboxylic acids is 2. The van der Waals surface area contributed by atoms with Crippen molar-refractivity contribution < 1.29 is 14.3 Å². The molecule has 2 fully saturated rings. The molecule has 1 N–H and O–H groups in total. The lowest BCUT2D eigenvalue weighted by Gasteiger charge is -2.28. The van der Waals surface area contributed by atoms with Gasteiger partial charge in [-0.15, -0.1) is 0 Å². The van der Waals surface area contributed by atoms with E-state index in [1.165, 1.54) is 18.5 Å². The molecule has 6 nitrogen and oxygen atoms in total. The number of nitrogens with zero attached hydrogens (tertiary/aromatic N) is 2. The molecule has 4 rings (SSSR count). The van der Waals surface area contributed by atoms with Crippen LogP contribution in [0.4, 0.5) is 11.4 Å². The van der Waals surface area contributed by atoms with Crippen molar-refractivity contribution in [2.75, 3.05) is 37.0 Å². The third kappa shape index (κ3) is 4.74. The third-order valence-corrected chi connectivity index (χ3v) is 6.58. The van der Waals surface area contributed by atoms with E-state index in [0.717, 1.165) is 42.9 Å². The summed E-state index contributed by atoms with van der Waals surface area (Å²) in [7, 11) is 1.63. The first-order chi connectivity index (χ1) is 15.6. The quantitative estimate of drug-likeness (QED) is 0.657. The van der Waals surface area contributed by atoms with Gasteiger partial charge in [-0.05, 0) is 61.2 Å². The Morgan fingerprint density at radius 3 is 2.38 bits per heavy atom. The van der Waals surface area contributed by atoms with Gasteiger partial charge in [0.2, 0.25) is 11.8 Å². The molecule has 2 unspecified atom stereocenters. The molecule has 2 saturated heterocycles. The predicted octanol–water partition coefficient (Wildman–Crippen LogP) is 4.62. The van der Waals surface area contributed by atoms with E-state index in [9.17, 15) is 9.59 Å². The zero-order chi connectivity index (χ0) is 22.5. The molecule has 0 bridgehead atoms. The van der Waals surface area contributed by atoms with Crippen molar-refractivity contribution in [1.29, 1.82) is 0 Å². The molecule has 2 heterocycles. The average Bonchev–Trinajstić information content (AvgIpc) is 3.46. The minimum Gasteiger partial charge on any atom is -0.497 e. The van der Waals surface area contributed by atoms with Gasteiger partial charge in [0.25, 0.3) is 0 Å². The maximum atomic E-state index is 13.3. The number of amides is 2. The second kappa shape index (κ2) is 10.1. The number of anilines is 2. The van der Waals surface area contributed by atoms with Crippen molar-refractivity contribution in [3.63, 3.8) is 0 Å². The smallest absolute Gasteiger partial charge is 0.230 e. The molecule has 0 saturated carbocycles. The van der Waals surface area contributed by atoms with Gasteiger partial charge in [0.15, 0.2) is 0 Å². The Kier molecular flexibility index (Phi) is 6.98. The van der Waals surface area contributed by atoms with Crippen molar-refractivity contribution in [2.24, 2.45) is 5.92 Å². The monoisotopic (exact) mass is 435 g/mol. The zero-order valence-electron chi connectivity index (χ0n) is 19.0. The van der Waals surface area contributed by atoms with E-state index >= 15 is 0 Å². The average molecular weight is 436 g/mol. The number of nitrogens with one attached hydrogen (secondary N) is 1. The van der Waals surface area contributed by atoms with Crippen LogP contribution in [-0.2, 0) is 9.59 Å². The maximum Gasteiger partial charge on any atom is 0.230 e. The molecule has 32 heavy (non-hydrogen) atoms. The van der Waals surface area contributed by atoms with Crippen molar-refractivity contribution in [1.82, 2.24) is 4.90 Å². The fraction of sp³-hybridized carbons (Fsp3) is 0.462. The van der Waals surface area contributed by atoms with Crippen molar-refractivity contribution in [3.8, 4) is 5.75 Å². The standard InChI is InChI=1S/C26H33N3O3/c1-3-4-17-29-24(30)18-23(25(29)19-7-13-22(32-2)14-8-19)26(31)27-20-9-11-21(12-10-20)28-15-5-6-16-28/h7-14,23,25H,3-6,15-18H2,1-2H3,(H,27,31). The Morgan fingerprint density at radius 2 is 1.75 bits per heavy atom. The summed E-state index contributed by atoms with van der Waals surface area (Å²) in [4.78, 5) is 30.4. The molecule has 2 amide bonds. The Labute approximate surface area is 190 Å². The number of ether oxygens (including phenoxy) is 1. The fourth-order valence-electron chi connectivity index (χ4n) is 4.80. The molecule has 0 radical (unpaired) electrons. The first-order valence-electron chi connectivity index (χ1n) is 11.7. The second-order valence-corrected chi connectivity index (χ2v) is 8.70. The van der Waals surface area contributed by atoms with Gasteiger partial charge in [-0.3, -0.25) is 9.59 Å². The van der Waals surface area contributed by atoms with Crippen LogP contribution in [0.1, 0.15) is 50.6 Å². The molecule has 170 valence electrons. The lowest BCUT2D eigenvalue weighted by atomic mass is 9.92. The molecule has 2 aliphatic heterocycles. The molecule has 2 aliphatic rings. The summed E-state index contributed by atoms with van der Waals surface area (Å²) in [6.45, 7) is 4.96. The minimum atomic E-state index is -0.425. The van der Waals surface area contributed by atoms with Crippen LogP contribution in [0.3, 0.4) is 0 Å². The van der Waals surface area contributed by atoms with E-state index in [4.69, 9.17) is 4.74 Å². The van der Waals surface area contributed by atoms with Gasteiger partial charge < -0.3 is 19.9 Å². The number of rotatable bonds is 8. The van der Waals surface area contributed by atoms with Crippen molar-refractivity contribution in [2.45, 2.75) is 45.1 Å². The minimum absolute atomic E-state index is 0.0452. The van der Waals surface area contributed by atoms with Crippen LogP contribution in [-0.4, -0.2) is 43.5 Å². The SMILES string of the molecule is CCCCN1C(=O)CC(C(=O)Nc2ccc(N3CCCC3)cc2)C1c1ccc(OC)cc1. The van der Waals surface area contributed by atoms with Crippen LogP contribution in [0.15, 0.2) is 48.5 Å². The Balaban J connectivity index is 1.52. The van der Waals surface area contributed by atoms with E-state index in [-0.39, 0.29) is 24.3 Å². The summed E-state index contributed by atoms with van der Waals surface area (Å²) in [5.74, 6) is 0.277. The topological polar surface area (TPSA) is 61.9 Å². The van der Waals surface area contributed by atoms with E-state index < -0.39 is 5.92 Å². The van der Waals surface area contributed by atoms with Gasteiger partial charge in [0.1, 0.15) is 5.75 Å². The summed E-state index contributed by atoms with van der Waals surface area (Å²) >= 11 is 0. The van der Waals surface area contributed by atoms with E-state index in [2.05, 4.69) is 29.3 Å². The maximum absolute atomic E-state index is 13.3. The summed E-state index contributed by atoms with van der Waals surface area (Å²) < 4.78 is 5.28. The van der Waals surface area contributed by atoms with Gasteiger partial charge in [-0.1, -0.05) is 25.5 Å². The van der Waals surface area contributed by atoms with E-state index in [1.807, 2.05) is 41.3 Å². The van der Waals surface area contributed by atoms with Gasteiger partial charge in [-0.25, -0.2) is 0 Å². The van der Waals surface area contributed by atoms with Crippen molar-refractivity contribution in [3.05, 3.63) is 54.1 Å². The zero-order valence-corrected chi connectivity index (χ0v) is 19.0. The van der Waals surface area contributed by atoms with Gasteiger partial charge in [-0.2, -0.15) is 0 Å². The highest BCUT2D eigenvalue weighted by atomic mass is 16.5. The Morgan fingerprint density at radius 1 is 1.06 bits per heavy atom. The summed E-state index contributed by atoms with van der Waals surface area (Å²) in [6.07, 6.45) is 4.62. The Hall–Kier alpha value is -3.02. The van der Waals surface area contributed by atoms with E-state index in [0.29, 0.717) is 6.54 Å². The number of benzene rings is 2. The largest absolute Gasteiger partial charge is 0.497 e. The molecule has 0 aromatic heterocycles. The second-order valence-electron chi connectivity index (χ2n) is 8.70. The molecule has 0 aliphatic carbocycles. The first-order valence-corrected chi connectivity index (χ1v) is 11.7. The van der Waals surface area contributed by atoms with Crippen molar-refractivity contribution >= 4 is 23.2 Å². The van der Waals surface area contributed by atoms with Gasteiger partial charge >= 0.3 is 0 Å². The number of unbranched alkanes of at least 4 members (excludes halogenated alkanes) is 1. The summed E-state index contributed by atoms with van der Waals surface area (Å²) in [5.41, 5.74) is 2.93. The van der Waals surface area contributed by atoms with Crippen LogP contribution >= 0.6 is 0 Å². The van der Waals surface area contributed by atoms with Crippen LogP contribution in [0, 0.1) is 5.92 Å². The summed E-state index contributed by atoms with van der Waals surface area (Å²) in [6, 6.07) is 15.5. The highest BCUT2D eigenvalue weighted by molar-refractivity contribution is 5.98. The number of likely N-dealkylation sites (tertiary alicyclic amines) is 1. The fourth-order valence-corrected chi connectivity index (χ4v) is 4.80. The molecular formula is C26H33N3O3. The van der Waals surface area contributed by atoms with Crippen LogP contribution in [0.5, 0.6) is 5.75 Å². The molecule has 2 atom stereocenters. The lowest BCUT2D eigenvalue weighted by Crippen LogP contribution is -2.33. The molecule has 0 spiro atoms. The number of carbonyl (C=O) groups is 2. The van der Waals surface area contributed by atoms with Crippen LogP contribution < -0.4 is 15.0 Å². The predicted molar refractivity (Wildman–Crippen MR) is 127 cm³/mol. The van der Waals surface area contributed by atoms with Gasteiger partial charge in [0, 0.05) is 37.4 Å². The van der Waals surface area contributed by atoms with Crippen LogP contribution in [0.25, 0.3) is 0 Å². The van der Waals surface area contributed by atoms with E-state index in [1.54, 1.807) is 7.11 Å². The van der Waals surface area contributed by atoms with Gasteiger partial charge in [0.05, 0.1) is 19.1 Å².